The van der Waals surface area contributed by atoms with E-state index in [0.717, 1.165) is 5.56 Å². The molecule has 1 heterocycles. The summed E-state index contributed by atoms with van der Waals surface area (Å²) in [4.78, 5) is 28.7. The van der Waals surface area contributed by atoms with Gasteiger partial charge in [0.25, 0.3) is 11.8 Å². The standard InChI is InChI=1S/C20H20N4O4/c1-13-6-5-7-15(10-13)22-20(26)16-8-3-4-9-17(16)23-18(25)11-27-12-19-21-14(2)24-28-19/h3-10H,11-12H2,1-2H3,(H,22,26)(H,23,25). The highest BCUT2D eigenvalue weighted by Gasteiger charge is 2.14. The average Bonchev–Trinajstić information content (AvgIpc) is 3.07. The summed E-state index contributed by atoms with van der Waals surface area (Å²) in [5.41, 5.74) is 2.47. The van der Waals surface area contributed by atoms with Crippen LogP contribution in [0.2, 0.25) is 0 Å². The van der Waals surface area contributed by atoms with Gasteiger partial charge in [-0.1, -0.05) is 29.4 Å². The first-order valence-electron chi connectivity index (χ1n) is 8.65. The van der Waals surface area contributed by atoms with Gasteiger partial charge in [-0.25, -0.2) is 0 Å². The Hall–Kier alpha value is -3.52. The van der Waals surface area contributed by atoms with Crippen molar-refractivity contribution in [2.45, 2.75) is 20.5 Å². The predicted octanol–water partition coefficient (Wildman–Crippen LogP) is 3.09. The van der Waals surface area contributed by atoms with Crippen molar-refractivity contribution in [1.29, 1.82) is 0 Å². The van der Waals surface area contributed by atoms with Gasteiger partial charge in [0.2, 0.25) is 5.91 Å². The van der Waals surface area contributed by atoms with Gasteiger partial charge < -0.3 is 19.9 Å². The molecule has 0 atom stereocenters. The maximum absolute atomic E-state index is 12.6. The summed E-state index contributed by atoms with van der Waals surface area (Å²) in [5, 5.41) is 9.16. The van der Waals surface area contributed by atoms with Gasteiger partial charge in [-0.2, -0.15) is 4.98 Å². The first-order chi connectivity index (χ1) is 13.5. The van der Waals surface area contributed by atoms with Crippen LogP contribution in [0.25, 0.3) is 0 Å². The molecule has 0 saturated heterocycles. The number of anilines is 2. The Balaban J connectivity index is 1.59. The number of carbonyl (C=O) groups is 2. The van der Waals surface area contributed by atoms with Crippen molar-refractivity contribution in [3.8, 4) is 0 Å². The number of aryl methyl sites for hydroxylation is 2. The Labute approximate surface area is 161 Å². The molecule has 3 rings (SSSR count). The van der Waals surface area contributed by atoms with E-state index >= 15 is 0 Å². The molecule has 2 aromatic carbocycles. The molecule has 0 aliphatic carbocycles. The van der Waals surface area contributed by atoms with E-state index in [1.807, 2.05) is 25.1 Å². The normalized spacial score (nSPS) is 10.5. The Morgan fingerprint density at radius 1 is 1.07 bits per heavy atom. The smallest absolute Gasteiger partial charge is 0.257 e. The molecule has 28 heavy (non-hydrogen) atoms. The van der Waals surface area contributed by atoms with Crippen LogP contribution in [-0.4, -0.2) is 28.6 Å². The van der Waals surface area contributed by atoms with E-state index in [4.69, 9.17) is 9.26 Å². The lowest BCUT2D eigenvalue weighted by atomic mass is 10.1. The van der Waals surface area contributed by atoms with Crippen molar-refractivity contribution in [2.75, 3.05) is 17.2 Å². The number of hydrogen-bond acceptors (Lipinski definition) is 6. The van der Waals surface area contributed by atoms with E-state index in [2.05, 4.69) is 20.8 Å². The van der Waals surface area contributed by atoms with E-state index in [0.29, 0.717) is 28.7 Å². The Morgan fingerprint density at radius 3 is 2.64 bits per heavy atom. The summed E-state index contributed by atoms with van der Waals surface area (Å²) in [5.74, 6) is 0.0793. The molecule has 3 aromatic rings. The van der Waals surface area contributed by atoms with Crippen LogP contribution in [0.3, 0.4) is 0 Å². The Morgan fingerprint density at radius 2 is 1.89 bits per heavy atom. The summed E-state index contributed by atoms with van der Waals surface area (Å²) < 4.78 is 10.2. The summed E-state index contributed by atoms with van der Waals surface area (Å²) >= 11 is 0. The fourth-order valence-electron chi connectivity index (χ4n) is 2.53. The number of benzene rings is 2. The van der Waals surface area contributed by atoms with E-state index in [1.54, 1.807) is 37.3 Å². The van der Waals surface area contributed by atoms with Crippen LogP contribution in [0.1, 0.15) is 27.6 Å². The molecule has 8 nitrogen and oxygen atoms in total. The topological polar surface area (TPSA) is 106 Å². The van der Waals surface area contributed by atoms with Crippen LogP contribution >= 0.6 is 0 Å². The lowest BCUT2D eigenvalue weighted by molar-refractivity contribution is -0.121. The zero-order valence-corrected chi connectivity index (χ0v) is 15.6. The van der Waals surface area contributed by atoms with Crippen molar-refractivity contribution in [2.24, 2.45) is 0 Å². The van der Waals surface area contributed by atoms with E-state index in [9.17, 15) is 9.59 Å². The van der Waals surface area contributed by atoms with Gasteiger partial charge in [0.05, 0.1) is 11.3 Å². The number of ether oxygens (including phenoxy) is 1. The minimum absolute atomic E-state index is 0.0315. The fraction of sp³-hybridized carbons (Fsp3) is 0.200. The van der Waals surface area contributed by atoms with Crippen molar-refractivity contribution in [3.63, 3.8) is 0 Å². The molecule has 0 spiro atoms. The van der Waals surface area contributed by atoms with Crippen molar-refractivity contribution >= 4 is 23.2 Å². The molecule has 2 N–H and O–H groups in total. The van der Waals surface area contributed by atoms with E-state index < -0.39 is 5.91 Å². The SMILES string of the molecule is Cc1cccc(NC(=O)c2ccccc2NC(=O)COCc2nc(C)no2)c1. The number of nitrogens with one attached hydrogen (secondary N) is 2. The molecule has 144 valence electrons. The van der Waals surface area contributed by atoms with Crippen molar-refractivity contribution in [3.05, 3.63) is 71.4 Å². The van der Waals surface area contributed by atoms with Gasteiger partial charge in [0.15, 0.2) is 5.82 Å². The Bertz CT molecular complexity index is 984. The van der Waals surface area contributed by atoms with Gasteiger partial charge in [-0.15, -0.1) is 0 Å². The average molecular weight is 380 g/mol. The number of nitrogens with zero attached hydrogens (tertiary/aromatic N) is 2. The minimum atomic E-state index is -0.396. The Kier molecular flexibility index (Phi) is 6.13. The second kappa shape index (κ2) is 8.92. The maximum atomic E-state index is 12.6. The zero-order valence-electron chi connectivity index (χ0n) is 15.6. The zero-order chi connectivity index (χ0) is 19.9. The quantitative estimate of drug-likeness (QED) is 0.652. The first kappa shape index (κ1) is 19.2. The second-order valence-electron chi connectivity index (χ2n) is 6.15. The lowest BCUT2D eigenvalue weighted by Gasteiger charge is -2.12. The summed E-state index contributed by atoms with van der Waals surface area (Å²) in [6, 6.07) is 14.2. The summed E-state index contributed by atoms with van der Waals surface area (Å²) in [6.07, 6.45) is 0. The largest absolute Gasteiger partial charge is 0.362 e. The number of aromatic nitrogens is 2. The number of rotatable bonds is 7. The molecule has 0 bridgehead atoms. The molecule has 0 aliphatic heterocycles. The van der Waals surface area contributed by atoms with Gasteiger partial charge in [0, 0.05) is 5.69 Å². The third-order valence-corrected chi connectivity index (χ3v) is 3.75. The molecule has 0 aliphatic rings. The predicted molar refractivity (Wildman–Crippen MR) is 103 cm³/mol. The minimum Gasteiger partial charge on any atom is -0.362 e. The number of para-hydroxylation sites is 1. The third-order valence-electron chi connectivity index (χ3n) is 3.75. The first-order valence-corrected chi connectivity index (χ1v) is 8.65. The van der Waals surface area contributed by atoms with Crippen molar-refractivity contribution < 1.29 is 18.8 Å². The maximum Gasteiger partial charge on any atom is 0.257 e. The molecular formula is C20H20N4O4. The summed E-state index contributed by atoms with van der Waals surface area (Å²) in [6.45, 7) is 3.46. The molecular weight excluding hydrogens is 360 g/mol. The monoisotopic (exact) mass is 380 g/mol. The molecule has 0 unspecified atom stereocenters. The lowest BCUT2D eigenvalue weighted by Crippen LogP contribution is -2.21. The van der Waals surface area contributed by atoms with Gasteiger partial charge >= 0.3 is 0 Å². The molecule has 2 amide bonds. The number of carbonyl (C=O) groups excluding carboxylic acids is 2. The van der Waals surface area contributed by atoms with Gasteiger partial charge in [-0.05, 0) is 43.7 Å². The highest BCUT2D eigenvalue weighted by atomic mass is 16.5. The molecule has 0 saturated carbocycles. The van der Waals surface area contributed by atoms with Gasteiger partial charge in [0.1, 0.15) is 13.2 Å². The highest BCUT2D eigenvalue weighted by molar-refractivity contribution is 6.10. The van der Waals surface area contributed by atoms with Crippen molar-refractivity contribution in [1.82, 2.24) is 10.1 Å². The summed E-state index contributed by atoms with van der Waals surface area (Å²) in [7, 11) is 0. The van der Waals surface area contributed by atoms with Crippen LogP contribution in [0.5, 0.6) is 0 Å². The fourth-order valence-corrected chi connectivity index (χ4v) is 2.53. The second-order valence-corrected chi connectivity index (χ2v) is 6.15. The third kappa shape index (κ3) is 5.24. The number of amides is 2. The molecule has 1 aromatic heterocycles. The molecule has 0 radical (unpaired) electrons. The van der Waals surface area contributed by atoms with E-state index in [-0.39, 0.29) is 19.1 Å². The van der Waals surface area contributed by atoms with Crippen LogP contribution < -0.4 is 10.6 Å². The van der Waals surface area contributed by atoms with Crippen LogP contribution in [-0.2, 0) is 16.1 Å². The van der Waals surface area contributed by atoms with Crippen LogP contribution in [0.15, 0.2) is 53.1 Å². The number of hydrogen-bond donors (Lipinski definition) is 2. The van der Waals surface area contributed by atoms with Gasteiger partial charge in [-0.3, -0.25) is 9.59 Å². The molecule has 0 fully saturated rings. The van der Waals surface area contributed by atoms with Crippen LogP contribution in [0.4, 0.5) is 11.4 Å². The van der Waals surface area contributed by atoms with E-state index in [1.165, 1.54) is 0 Å². The van der Waals surface area contributed by atoms with Crippen LogP contribution in [0, 0.1) is 13.8 Å². The highest BCUT2D eigenvalue weighted by Crippen LogP contribution is 2.18. The molecule has 8 heteroatoms.